The molecule has 0 bridgehead atoms. The Labute approximate surface area is 128 Å². The number of hydrogen-bond donors (Lipinski definition) is 1. The molecular weight excluding hydrogens is 343 g/mol. The summed E-state index contributed by atoms with van der Waals surface area (Å²) in [4.78, 5) is 17.0. The first-order valence-electron chi connectivity index (χ1n) is 5.24. The normalized spacial score (nSPS) is 11.1. The molecule has 8 nitrogen and oxygen atoms in total. The Kier molecular flexibility index (Phi) is 4.26. The number of halogens is 2. The number of nitro benzene ring substituents is 1. The maximum atomic E-state index is 12.1. The van der Waals surface area contributed by atoms with E-state index in [1.807, 2.05) is 0 Å². The van der Waals surface area contributed by atoms with Crippen LogP contribution in [0.2, 0.25) is 10.2 Å². The largest absolute Gasteiger partial charge is 0.289 e. The van der Waals surface area contributed by atoms with Gasteiger partial charge in [-0.1, -0.05) is 23.2 Å². The van der Waals surface area contributed by atoms with Crippen LogP contribution in [0.3, 0.4) is 0 Å². The van der Waals surface area contributed by atoms with E-state index >= 15 is 0 Å². The molecule has 0 unspecified atom stereocenters. The van der Waals surface area contributed by atoms with Gasteiger partial charge in [0.25, 0.3) is 15.7 Å². The van der Waals surface area contributed by atoms with Crippen LogP contribution in [0.1, 0.15) is 0 Å². The predicted octanol–water partition coefficient (Wildman–Crippen LogP) is 2.49. The van der Waals surface area contributed by atoms with E-state index in [1.54, 1.807) is 0 Å². The fourth-order valence-corrected chi connectivity index (χ4v) is 2.81. The second-order valence-electron chi connectivity index (χ2n) is 3.67. The van der Waals surface area contributed by atoms with Gasteiger partial charge in [0.05, 0.1) is 9.82 Å². The lowest BCUT2D eigenvalue weighted by Gasteiger charge is -2.08. The van der Waals surface area contributed by atoms with Crippen LogP contribution in [0.15, 0.2) is 35.5 Å². The molecule has 0 saturated carbocycles. The molecule has 0 aliphatic carbocycles. The Balaban J connectivity index is 2.43. The SMILES string of the molecule is O=[N+]([O-])c1cc(S(=O)(=O)Nc2nccnc2Cl)ccc1Cl. The summed E-state index contributed by atoms with van der Waals surface area (Å²) in [6.45, 7) is 0. The number of nitro groups is 1. The quantitative estimate of drug-likeness (QED) is 0.670. The van der Waals surface area contributed by atoms with Crippen molar-refractivity contribution in [2.75, 3.05) is 4.72 Å². The number of sulfonamides is 1. The van der Waals surface area contributed by atoms with Crippen LogP contribution in [-0.4, -0.2) is 23.3 Å². The summed E-state index contributed by atoms with van der Waals surface area (Å²) >= 11 is 11.3. The third-order valence-corrected chi connectivity index (χ3v) is 4.24. The standard InChI is InChI=1S/C10H6Cl2N4O4S/c11-7-2-1-6(5-8(7)16(17)18)21(19,20)15-10-9(12)13-3-4-14-10/h1-5H,(H,14,15). The molecule has 2 rings (SSSR count). The van der Waals surface area contributed by atoms with Crippen molar-refractivity contribution in [2.45, 2.75) is 4.90 Å². The lowest BCUT2D eigenvalue weighted by atomic mass is 10.3. The van der Waals surface area contributed by atoms with Gasteiger partial charge in [-0.15, -0.1) is 0 Å². The molecule has 0 aliphatic heterocycles. The van der Waals surface area contributed by atoms with E-state index in [4.69, 9.17) is 23.2 Å². The van der Waals surface area contributed by atoms with Crippen molar-refractivity contribution in [3.8, 4) is 0 Å². The van der Waals surface area contributed by atoms with E-state index in [0.717, 1.165) is 18.2 Å². The molecule has 1 N–H and O–H groups in total. The first-order chi connectivity index (χ1) is 9.81. The fraction of sp³-hybridized carbons (Fsp3) is 0. The van der Waals surface area contributed by atoms with Crippen molar-refractivity contribution >= 4 is 44.7 Å². The molecule has 0 radical (unpaired) electrons. The zero-order valence-corrected chi connectivity index (χ0v) is 12.4. The lowest BCUT2D eigenvalue weighted by molar-refractivity contribution is -0.384. The number of nitrogens with zero attached hydrogens (tertiary/aromatic N) is 3. The van der Waals surface area contributed by atoms with Gasteiger partial charge in [-0.05, 0) is 12.1 Å². The van der Waals surface area contributed by atoms with Crippen LogP contribution >= 0.6 is 23.2 Å². The topological polar surface area (TPSA) is 115 Å². The highest BCUT2D eigenvalue weighted by atomic mass is 35.5. The Bertz CT molecular complexity index is 812. The molecule has 21 heavy (non-hydrogen) atoms. The van der Waals surface area contributed by atoms with Crippen molar-refractivity contribution in [1.82, 2.24) is 9.97 Å². The third-order valence-electron chi connectivity index (χ3n) is 2.31. The highest BCUT2D eigenvalue weighted by molar-refractivity contribution is 7.92. The summed E-state index contributed by atoms with van der Waals surface area (Å²) < 4.78 is 26.4. The molecule has 0 amide bonds. The molecule has 0 fully saturated rings. The van der Waals surface area contributed by atoms with Crippen molar-refractivity contribution in [3.05, 3.63) is 50.9 Å². The van der Waals surface area contributed by atoms with E-state index in [1.165, 1.54) is 12.4 Å². The highest BCUT2D eigenvalue weighted by Gasteiger charge is 2.22. The molecule has 0 spiro atoms. The first-order valence-corrected chi connectivity index (χ1v) is 7.48. The van der Waals surface area contributed by atoms with Gasteiger partial charge in [0.15, 0.2) is 11.0 Å². The van der Waals surface area contributed by atoms with Crippen molar-refractivity contribution in [2.24, 2.45) is 0 Å². The average Bonchev–Trinajstić information content (AvgIpc) is 2.41. The Morgan fingerprint density at radius 2 is 1.86 bits per heavy atom. The van der Waals surface area contributed by atoms with Gasteiger partial charge in [0.1, 0.15) is 5.02 Å². The van der Waals surface area contributed by atoms with Gasteiger partial charge in [-0.3, -0.25) is 14.8 Å². The second kappa shape index (κ2) is 5.80. The van der Waals surface area contributed by atoms with Gasteiger partial charge in [-0.25, -0.2) is 18.4 Å². The van der Waals surface area contributed by atoms with Crippen LogP contribution in [0.25, 0.3) is 0 Å². The molecule has 1 aromatic heterocycles. The summed E-state index contributed by atoms with van der Waals surface area (Å²) in [7, 11) is -4.11. The summed E-state index contributed by atoms with van der Waals surface area (Å²) in [5, 5.41) is 10.5. The van der Waals surface area contributed by atoms with Crippen molar-refractivity contribution in [3.63, 3.8) is 0 Å². The number of rotatable bonds is 4. The number of anilines is 1. The van der Waals surface area contributed by atoms with Crippen LogP contribution in [0.5, 0.6) is 0 Å². The summed E-state index contributed by atoms with van der Waals surface area (Å²) in [6.07, 6.45) is 2.53. The van der Waals surface area contributed by atoms with E-state index in [0.29, 0.717) is 0 Å². The molecular formula is C10H6Cl2N4O4S. The Morgan fingerprint density at radius 3 is 2.48 bits per heavy atom. The number of nitrogens with one attached hydrogen (secondary N) is 1. The maximum absolute atomic E-state index is 12.1. The average molecular weight is 349 g/mol. The highest BCUT2D eigenvalue weighted by Crippen LogP contribution is 2.28. The van der Waals surface area contributed by atoms with E-state index in [2.05, 4.69) is 14.7 Å². The summed E-state index contributed by atoms with van der Waals surface area (Å²) in [5.41, 5.74) is -0.523. The van der Waals surface area contributed by atoms with Gasteiger partial charge in [0, 0.05) is 18.5 Å². The van der Waals surface area contributed by atoms with Gasteiger partial charge < -0.3 is 0 Å². The smallest absolute Gasteiger partial charge is 0.261 e. The minimum absolute atomic E-state index is 0.149. The van der Waals surface area contributed by atoms with Crippen LogP contribution < -0.4 is 4.72 Å². The lowest BCUT2D eigenvalue weighted by Crippen LogP contribution is -2.14. The number of benzene rings is 1. The van der Waals surface area contributed by atoms with Crippen molar-refractivity contribution < 1.29 is 13.3 Å². The first kappa shape index (κ1) is 15.4. The minimum atomic E-state index is -4.11. The zero-order chi connectivity index (χ0) is 15.6. The summed E-state index contributed by atoms with van der Waals surface area (Å²) in [5.74, 6) is -0.184. The fourth-order valence-electron chi connectivity index (χ4n) is 1.38. The molecule has 1 heterocycles. The van der Waals surface area contributed by atoms with Crippen LogP contribution in [0, 0.1) is 10.1 Å². The zero-order valence-electron chi connectivity index (χ0n) is 10.0. The molecule has 0 saturated heterocycles. The van der Waals surface area contributed by atoms with Gasteiger partial charge >= 0.3 is 0 Å². The van der Waals surface area contributed by atoms with Crippen LogP contribution in [-0.2, 0) is 10.0 Å². The van der Waals surface area contributed by atoms with Gasteiger partial charge in [-0.2, -0.15) is 0 Å². The van der Waals surface area contributed by atoms with E-state index in [9.17, 15) is 18.5 Å². The Morgan fingerprint density at radius 1 is 1.19 bits per heavy atom. The molecule has 11 heteroatoms. The molecule has 2 aromatic rings. The Hall–Kier alpha value is -1.97. The monoisotopic (exact) mass is 348 g/mol. The van der Waals surface area contributed by atoms with Crippen LogP contribution in [0.4, 0.5) is 11.5 Å². The third kappa shape index (κ3) is 3.38. The molecule has 110 valence electrons. The molecule has 1 aromatic carbocycles. The van der Waals surface area contributed by atoms with E-state index in [-0.39, 0.29) is 20.9 Å². The molecule has 0 aliphatic rings. The maximum Gasteiger partial charge on any atom is 0.289 e. The molecule has 0 atom stereocenters. The van der Waals surface area contributed by atoms with Crippen molar-refractivity contribution in [1.29, 1.82) is 0 Å². The summed E-state index contributed by atoms with van der Waals surface area (Å²) in [6, 6.07) is 3.09. The van der Waals surface area contributed by atoms with Gasteiger partial charge in [0.2, 0.25) is 0 Å². The predicted molar refractivity (Wildman–Crippen MR) is 76.0 cm³/mol. The second-order valence-corrected chi connectivity index (χ2v) is 6.12. The minimum Gasteiger partial charge on any atom is -0.261 e. The number of hydrogen-bond acceptors (Lipinski definition) is 6. The van der Waals surface area contributed by atoms with E-state index < -0.39 is 20.6 Å². The number of aromatic nitrogens is 2.